The first-order valence-electron chi connectivity index (χ1n) is 11.4. The SMILES string of the molecule is COc1cc(C(=O)N(CCCc2ccccc2)CCCC(O)C(=O)O)cc(OC)c1C1CC1. The number of benzene rings is 2. The van der Waals surface area contributed by atoms with E-state index in [-0.39, 0.29) is 12.3 Å². The summed E-state index contributed by atoms with van der Waals surface area (Å²) in [5, 5.41) is 18.5. The largest absolute Gasteiger partial charge is 0.496 e. The molecule has 0 bridgehead atoms. The van der Waals surface area contributed by atoms with Crippen LogP contribution in [0.2, 0.25) is 0 Å². The van der Waals surface area contributed by atoms with Gasteiger partial charge in [-0.05, 0) is 62.1 Å². The summed E-state index contributed by atoms with van der Waals surface area (Å²) in [6.07, 6.45) is 2.81. The standard InChI is InChI=1S/C26H33NO6/c1-32-22-16-20(17-23(33-2)24(22)19-12-13-19)25(29)27(15-7-11-21(28)26(30)31)14-6-10-18-8-4-3-5-9-18/h3-5,8-9,16-17,19,21,28H,6-7,10-15H2,1-2H3,(H,30,31). The van der Waals surface area contributed by atoms with Gasteiger partial charge in [-0.2, -0.15) is 0 Å². The van der Waals surface area contributed by atoms with Crippen LogP contribution in [0.1, 0.15) is 59.5 Å². The molecule has 1 amide bonds. The Bertz CT molecular complexity index is 916. The predicted octanol–water partition coefficient (Wildman–Crippen LogP) is 3.88. The fraction of sp³-hybridized carbons (Fsp3) is 0.462. The number of nitrogens with zero attached hydrogens (tertiary/aromatic N) is 1. The van der Waals surface area contributed by atoms with Crippen LogP contribution in [-0.4, -0.2) is 60.4 Å². The van der Waals surface area contributed by atoms with Crippen LogP contribution in [0, 0.1) is 0 Å². The van der Waals surface area contributed by atoms with Gasteiger partial charge in [-0.15, -0.1) is 0 Å². The van der Waals surface area contributed by atoms with Gasteiger partial charge >= 0.3 is 5.97 Å². The minimum absolute atomic E-state index is 0.0884. The molecule has 3 rings (SSSR count). The molecule has 1 fully saturated rings. The molecule has 1 aliphatic rings. The first kappa shape index (κ1) is 24.6. The number of aliphatic hydroxyl groups is 1. The lowest BCUT2D eigenvalue weighted by molar-refractivity contribution is -0.146. The molecule has 0 aromatic heterocycles. The Hall–Kier alpha value is -3.06. The van der Waals surface area contributed by atoms with E-state index in [0.717, 1.165) is 31.2 Å². The number of ether oxygens (including phenoxy) is 2. The van der Waals surface area contributed by atoms with E-state index in [1.807, 2.05) is 18.2 Å². The van der Waals surface area contributed by atoms with E-state index in [1.165, 1.54) is 5.56 Å². The van der Waals surface area contributed by atoms with Gasteiger partial charge in [0, 0.05) is 24.2 Å². The zero-order valence-corrected chi connectivity index (χ0v) is 19.3. The second kappa shape index (κ2) is 11.7. The lowest BCUT2D eigenvalue weighted by atomic mass is 10.0. The van der Waals surface area contributed by atoms with Gasteiger partial charge < -0.3 is 24.6 Å². The molecule has 2 aromatic carbocycles. The van der Waals surface area contributed by atoms with E-state index in [1.54, 1.807) is 31.3 Å². The molecule has 1 aliphatic carbocycles. The summed E-state index contributed by atoms with van der Waals surface area (Å²) in [5.74, 6) is 0.309. The number of rotatable bonds is 13. The average Bonchev–Trinajstić information content (AvgIpc) is 3.67. The second-order valence-electron chi connectivity index (χ2n) is 8.45. The topological polar surface area (TPSA) is 96.3 Å². The van der Waals surface area contributed by atoms with E-state index in [0.29, 0.717) is 42.5 Å². The molecule has 0 radical (unpaired) electrons. The summed E-state index contributed by atoms with van der Waals surface area (Å²) < 4.78 is 11.2. The van der Waals surface area contributed by atoms with Gasteiger partial charge in [0.25, 0.3) is 5.91 Å². The van der Waals surface area contributed by atoms with Gasteiger partial charge in [-0.25, -0.2) is 4.79 Å². The monoisotopic (exact) mass is 455 g/mol. The van der Waals surface area contributed by atoms with Crippen molar-refractivity contribution in [2.75, 3.05) is 27.3 Å². The molecule has 2 N–H and O–H groups in total. The average molecular weight is 456 g/mol. The smallest absolute Gasteiger partial charge is 0.332 e. The molecule has 1 unspecified atom stereocenters. The van der Waals surface area contributed by atoms with Gasteiger partial charge in [0.15, 0.2) is 6.10 Å². The third-order valence-corrected chi connectivity index (χ3v) is 5.99. The van der Waals surface area contributed by atoms with Gasteiger partial charge in [0.1, 0.15) is 11.5 Å². The van der Waals surface area contributed by atoms with Crippen molar-refractivity contribution in [1.82, 2.24) is 4.90 Å². The zero-order valence-electron chi connectivity index (χ0n) is 19.3. The van der Waals surface area contributed by atoms with Gasteiger partial charge in [0.05, 0.1) is 14.2 Å². The van der Waals surface area contributed by atoms with Gasteiger partial charge in [0.2, 0.25) is 0 Å². The number of carbonyl (C=O) groups is 2. The quantitative estimate of drug-likeness (QED) is 0.476. The van der Waals surface area contributed by atoms with Crippen LogP contribution in [0.4, 0.5) is 0 Å². The molecule has 0 spiro atoms. The number of amides is 1. The lowest BCUT2D eigenvalue weighted by Crippen LogP contribution is -2.34. The van der Waals surface area contributed by atoms with Crippen LogP contribution >= 0.6 is 0 Å². The number of hydrogen-bond acceptors (Lipinski definition) is 5. The van der Waals surface area contributed by atoms with Crippen LogP contribution in [-0.2, 0) is 11.2 Å². The summed E-state index contributed by atoms with van der Waals surface area (Å²) in [7, 11) is 3.19. The van der Waals surface area contributed by atoms with Crippen molar-refractivity contribution in [1.29, 1.82) is 0 Å². The maximum Gasteiger partial charge on any atom is 0.332 e. The molecular weight excluding hydrogens is 422 g/mol. The number of hydrogen-bond donors (Lipinski definition) is 2. The number of aliphatic hydroxyl groups excluding tert-OH is 1. The number of carboxylic acid groups (broad SMARTS) is 1. The van der Waals surface area contributed by atoms with E-state index < -0.39 is 12.1 Å². The fourth-order valence-electron chi connectivity index (χ4n) is 4.05. The molecule has 0 heterocycles. The zero-order chi connectivity index (χ0) is 23.8. The highest BCUT2D eigenvalue weighted by Gasteiger charge is 2.31. The maximum atomic E-state index is 13.5. The van der Waals surface area contributed by atoms with E-state index in [4.69, 9.17) is 14.6 Å². The highest BCUT2D eigenvalue weighted by molar-refractivity contribution is 5.95. The molecule has 33 heavy (non-hydrogen) atoms. The number of methoxy groups -OCH3 is 2. The molecule has 2 aromatic rings. The van der Waals surface area contributed by atoms with Crippen molar-refractivity contribution < 1.29 is 29.3 Å². The van der Waals surface area contributed by atoms with Crippen molar-refractivity contribution in [2.45, 2.75) is 50.5 Å². The third-order valence-electron chi connectivity index (χ3n) is 5.99. The fourth-order valence-corrected chi connectivity index (χ4v) is 4.05. The Morgan fingerprint density at radius 2 is 1.64 bits per heavy atom. The number of aliphatic carboxylic acids is 1. The van der Waals surface area contributed by atoms with E-state index in [9.17, 15) is 14.7 Å². The molecule has 0 aliphatic heterocycles. The van der Waals surface area contributed by atoms with Crippen LogP contribution in [0.25, 0.3) is 0 Å². The van der Waals surface area contributed by atoms with Crippen molar-refractivity contribution >= 4 is 11.9 Å². The maximum absolute atomic E-state index is 13.5. The number of aryl methyl sites for hydroxylation is 1. The van der Waals surface area contributed by atoms with Crippen LogP contribution in [0.3, 0.4) is 0 Å². The van der Waals surface area contributed by atoms with Crippen molar-refractivity contribution in [3.63, 3.8) is 0 Å². The Balaban J connectivity index is 1.75. The Morgan fingerprint density at radius 3 is 2.18 bits per heavy atom. The summed E-state index contributed by atoms with van der Waals surface area (Å²) in [5.41, 5.74) is 2.69. The van der Waals surface area contributed by atoms with Gasteiger partial charge in [-0.3, -0.25) is 4.79 Å². The summed E-state index contributed by atoms with van der Waals surface area (Å²) in [6.45, 7) is 0.874. The van der Waals surface area contributed by atoms with Crippen LogP contribution in [0.15, 0.2) is 42.5 Å². The Labute approximate surface area is 194 Å². The Morgan fingerprint density at radius 1 is 1.03 bits per heavy atom. The van der Waals surface area contributed by atoms with Crippen LogP contribution in [0.5, 0.6) is 11.5 Å². The predicted molar refractivity (Wildman–Crippen MR) is 125 cm³/mol. The number of carbonyl (C=O) groups excluding carboxylic acids is 1. The van der Waals surface area contributed by atoms with Crippen LogP contribution < -0.4 is 9.47 Å². The lowest BCUT2D eigenvalue weighted by Gasteiger charge is -2.24. The first-order valence-corrected chi connectivity index (χ1v) is 11.4. The molecule has 7 heteroatoms. The second-order valence-corrected chi connectivity index (χ2v) is 8.45. The van der Waals surface area contributed by atoms with Crippen molar-refractivity contribution in [3.05, 3.63) is 59.2 Å². The molecule has 1 atom stereocenters. The van der Waals surface area contributed by atoms with E-state index >= 15 is 0 Å². The molecule has 1 saturated carbocycles. The van der Waals surface area contributed by atoms with Crippen molar-refractivity contribution in [2.24, 2.45) is 0 Å². The summed E-state index contributed by atoms with van der Waals surface area (Å²) >= 11 is 0. The third kappa shape index (κ3) is 6.71. The normalized spacial score (nSPS) is 13.9. The van der Waals surface area contributed by atoms with E-state index in [2.05, 4.69) is 12.1 Å². The van der Waals surface area contributed by atoms with Crippen molar-refractivity contribution in [3.8, 4) is 11.5 Å². The number of carboxylic acids is 1. The first-order chi connectivity index (χ1) is 15.9. The minimum atomic E-state index is -1.43. The van der Waals surface area contributed by atoms with Gasteiger partial charge in [-0.1, -0.05) is 30.3 Å². The molecule has 178 valence electrons. The minimum Gasteiger partial charge on any atom is -0.496 e. The molecular formula is C26H33NO6. The molecule has 7 nitrogen and oxygen atoms in total. The summed E-state index contributed by atoms with van der Waals surface area (Å²) in [4.78, 5) is 26.1. The molecule has 0 saturated heterocycles. The highest BCUT2D eigenvalue weighted by atomic mass is 16.5. The Kier molecular flexibility index (Phi) is 8.72. The highest BCUT2D eigenvalue weighted by Crippen LogP contribution is 2.49. The summed E-state index contributed by atoms with van der Waals surface area (Å²) in [6, 6.07) is 13.6.